The van der Waals surface area contributed by atoms with E-state index in [-0.39, 0.29) is 42.1 Å². The number of fused-ring (bicyclic) bond motifs is 1. The molecule has 0 bridgehead atoms. The number of benzene rings is 2. The van der Waals surface area contributed by atoms with Gasteiger partial charge in [0.2, 0.25) is 5.91 Å². The van der Waals surface area contributed by atoms with E-state index in [9.17, 15) is 14.0 Å². The van der Waals surface area contributed by atoms with E-state index in [2.05, 4.69) is 10.6 Å². The zero-order valence-electron chi connectivity index (χ0n) is 14.4. The molecule has 1 aliphatic carbocycles. The lowest BCUT2D eigenvalue weighted by molar-refractivity contribution is -0.122. The van der Waals surface area contributed by atoms with Crippen molar-refractivity contribution in [1.82, 2.24) is 10.6 Å². The molecular formula is C21H21FN2O2. The van der Waals surface area contributed by atoms with Gasteiger partial charge in [0.05, 0.1) is 12.5 Å². The smallest absolute Gasteiger partial charge is 0.252 e. The molecule has 1 saturated carbocycles. The van der Waals surface area contributed by atoms with Crippen molar-refractivity contribution >= 4 is 11.8 Å². The first-order valence-electron chi connectivity index (χ1n) is 9.05. The van der Waals surface area contributed by atoms with Crippen LogP contribution in [-0.2, 0) is 4.79 Å². The Morgan fingerprint density at radius 3 is 2.85 bits per heavy atom. The Bertz CT molecular complexity index is 851. The van der Waals surface area contributed by atoms with E-state index < -0.39 is 0 Å². The minimum absolute atomic E-state index is 0.0584. The summed E-state index contributed by atoms with van der Waals surface area (Å²) < 4.78 is 13.4. The van der Waals surface area contributed by atoms with E-state index in [1.807, 2.05) is 24.3 Å². The fraction of sp³-hybridized carbons (Fsp3) is 0.333. The second-order valence-corrected chi connectivity index (χ2v) is 7.15. The minimum atomic E-state index is -0.265. The lowest BCUT2D eigenvalue weighted by Crippen LogP contribution is -2.35. The Morgan fingerprint density at radius 2 is 2.00 bits per heavy atom. The van der Waals surface area contributed by atoms with Crippen molar-refractivity contribution in [1.29, 1.82) is 0 Å². The number of halogens is 1. The van der Waals surface area contributed by atoms with E-state index >= 15 is 0 Å². The number of hydrogen-bond donors (Lipinski definition) is 2. The van der Waals surface area contributed by atoms with Crippen LogP contribution in [0.1, 0.15) is 59.1 Å². The summed E-state index contributed by atoms with van der Waals surface area (Å²) in [6, 6.07) is 13.9. The van der Waals surface area contributed by atoms with Gasteiger partial charge in [-0.05, 0) is 54.5 Å². The Labute approximate surface area is 151 Å². The van der Waals surface area contributed by atoms with Crippen LogP contribution in [0.15, 0.2) is 48.5 Å². The molecule has 26 heavy (non-hydrogen) atoms. The Hall–Kier alpha value is -2.69. The van der Waals surface area contributed by atoms with E-state index in [1.54, 1.807) is 18.2 Å². The second kappa shape index (κ2) is 6.90. The summed E-state index contributed by atoms with van der Waals surface area (Å²) in [5.74, 6) is -0.115. The fourth-order valence-corrected chi connectivity index (χ4v) is 4.13. The van der Waals surface area contributed by atoms with Crippen molar-refractivity contribution in [2.45, 2.75) is 43.7 Å². The molecule has 4 nitrogen and oxygen atoms in total. The lowest BCUT2D eigenvalue weighted by Gasteiger charge is -2.16. The first-order chi connectivity index (χ1) is 12.6. The predicted molar refractivity (Wildman–Crippen MR) is 96.2 cm³/mol. The molecule has 1 fully saturated rings. The van der Waals surface area contributed by atoms with Gasteiger partial charge in [-0.15, -0.1) is 0 Å². The van der Waals surface area contributed by atoms with Crippen LogP contribution in [0.3, 0.4) is 0 Å². The maximum absolute atomic E-state index is 13.4. The van der Waals surface area contributed by atoms with E-state index in [0.29, 0.717) is 5.56 Å². The molecule has 0 saturated heterocycles. The second-order valence-electron chi connectivity index (χ2n) is 7.15. The van der Waals surface area contributed by atoms with Crippen LogP contribution >= 0.6 is 0 Å². The third kappa shape index (κ3) is 3.34. The van der Waals surface area contributed by atoms with Gasteiger partial charge in [0.1, 0.15) is 5.82 Å². The lowest BCUT2D eigenvalue weighted by atomic mass is 9.97. The molecule has 3 atom stereocenters. The minimum Gasteiger partial charge on any atom is -0.353 e. The highest BCUT2D eigenvalue weighted by Crippen LogP contribution is 2.35. The molecule has 5 heteroatoms. The summed E-state index contributed by atoms with van der Waals surface area (Å²) in [5, 5.41) is 5.96. The Kier molecular flexibility index (Phi) is 4.45. The molecule has 0 radical (unpaired) electrons. The van der Waals surface area contributed by atoms with Crippen molar-refractivity contribution < 1.29 is 14.0 Å². The third-order valence-corrected chi connectivity index (χ3v) is 5.39. The molecule has 2 amide bonds. The molecule has 1 heterocycles. The number of carbonyl (C=O) groups is 2. The fourth-order valence-electron chi connectivity index (χ4n) is 4.13. The molecule has 2 aromatic rings. The number of hydrogen-bond acceptors (Lipinski definition) is 2. The highest BCUT2D eigenvalue weighted by Gasteiger charge is 2.31. The Morgan fingerprint density at radius 1 is 1.15 bits per heavy atom. The van der Waals surface area contributed by atoms with Crippen LogP contribution in [0.4, 0.5) is 4.39 Å². The normalized spacial score (nSPS) is 24.2. The Balaban J connectivity index is 1.34. The zero-order valence-corrected chi connectivity index (χ0v) is 14.4. The summed E-state index contributed by atoms with van der Waals surface area (Å²) >= 11 is 0. The summed E-state index contributed by atoms with van der Waals surface area (Å²) in [6.07, 6.45) is 2.89. The topological polar surface area (TPSA) is 58.2 Å². The standard InChI is InChI=1S/C21H21FN2O2/c22-15-5-3-4-13(10-15)14-8-9-16(11-14)23-20(25)12-19-17-6-1-2-7-18(17)21(26)24-19/h1-7,10,14,16,19H,8-9,11-12H2,(H,23,25)(H,24,26). The summed E-state index contributed by atoms with van der Waals surface area (Å²) in [4.78, 5) is 24.4. The summed E-state index contributed by atoms with van der Waals surface area (Å²) in [5.41, 5.74) is 2.53. The van der Waals surface area contributed by atoms with Gasteiger partial charge in [-0.25, -0.2) is 4.39 Å². The van der Waals surface area contributed by atoms with Crippen molar-refractivity contribution in [3.63, 3.8) is 0 Å². The van der Waals surface area contributed by atoms with Crippen LogP contribution in [0.2, 0.25) is 0 Å². The molecular weight excluding hydrogens is 331 g/mol. The zero-order chi connectivity index (χ0) is 18.1. The van der Waals surface area contributed by atoms with Gasteiger partial charge in [0.25, 0.3) is 5.91 Å². The van der Waals surface area contributed by atoms with Gasteiger partial charge < -0.3 is 10.6 Å². The molecule has 2 aromatic carbocycles. The van der Waals surface area contributed by atoms with Crippen LogP contribution in [0.25, 0.3) is 0 Å². The first kappa shape index (κ1) is 16.8. The van der Waals surface area contributed by atoms with Crippen molar-refractivity contribution in [3.8, 4) is 0 Å². The molecule has 134 valence electrons. The molecule has 0 spiro atoms. The van der Waals surface area contributed by atoms with Crippen molar-refractivity contribution in [3.05, 3.63) is 71.0 Å². The molecule has 0 aromatic heterocycles. The molecule has 2 aliphatic rings. The first-order valence-corrected chi connectivity index (χ1v) is 9.05. The quantitative estimate of drug-likeness (QED) is 0.885. The molecule has 3 unspecified atom stereocenters. The average molecular weight is 352 g/mol. The van der Waals surface area contributed by atoms with Crippen LogP contribution in [0, 0.1) is 5.82 Å². The van der Waals surface area contributed by atoms with Gasteiger partial charge >= 0.3 is 0 Å². The summed E-state index contributed by atoms with van der Waals surface area (Å²) in [7, 11) is 0. The highest BCUT2D eigenvalue weighted by atomic mass is 19.1. The number of carbonyl (C=O) groups excluding carboxylic acids is 2. The average Bonchev–Trinajstić information content (AvgIpc) is 3.21. The van der Waals surface area contributed by atoms with E-state index in [1.165, 1.54) is 6.07 Å². The number of rotatable bonds is 4. The summed E-state index contributed by atoms with van der Waals surface area (Å²) in [6.45, 7) is 0. The molecule has 1 aliphatic heterocycles. The van der Waals surface area contributed by atoms with Gasteiger partial charge in [0, 0.05) is 11.6 Å². The maximum Gasteiger partial charge on any atom is 0.252 e. The van der Waals surface area contributed by atoms with Gasteiger partial charge in [0.15, 0.2) is 0 Å². The number of amides is 2. The van der Waals surface area contributed by atoms with E-state index in [4.69, 9.17) is 0 Å². The predicted octanol–water partition coefficient (Wildman–Crippen LogP) is 3.45. The van der Waals surface area contributed by atoms with Crippen LogP contribution in [0.5, 0.6) is 0 Å². The van der Waals surface area contributed by atoms with Crippen molar-refractivity contribution in [2.75, 3.05) is 0 Å². The highest BCUT2D eigenvalue weighted by molar-refractivity contribution is 5.99. The molecule has 4 rings (SSSR count). The van der Waals surface area contributed by atoms with E-state index in [0.717, 1.165) is 30.4 Å². The van der Waals surface area contributed by atoms with Gasteiger partial charge in [-0.2, -0.15) is 0 Å². The monoisotopic (exact) mass is 352 g/mol. The van der Waals surface area contributed by atoms with Crippen LogP contribution in [-0.4, -0.2) is 17.9 Å². The van der Waals surface area contributed by atoms with Gasteiger partial charge in [-0.3, -0.25) is 9.59 Å². The third-order valence-electron chi connectivity index (χ3n) is 5.39. The van der Waals surface area contributed by atoms with Crippen molar-refractivity contribution in [2.24, 2.45) is 0 Å². The number of nitrogens with one attached hydrogen (secondary N) is 2. The maximum atomic E-state index is 13.4. The largest absolute Gasteiger partial charge is 0.353 e. The molecule has 2 N–H and O–H groups in total. The van der Waals surface area contributed by atoms with Crippen LogP contribution < -0.4 is 10.6 Å². The SMILES string of the molecule is O=C(CC1NC(=O)c2ccccc21)NC1CCC(c2cccc(F)c2)C1. The van der Waals surface area contributed by atoms with Gasteiger partial charge in [-0.1, -0.05) is 30.3 Å².